The molecule has 172 valence electrons. The van der Waals surface area contributed by atoms with Crippen LogP contribution in [0.25, 0.3) is 0 Å². The van der Waals surface area contributed by atoms with Crippen LogP contribution in [0.1, 0.15) is 16.2 Å². The highest BCUT2D eigenvalue weighted by Gasteiger charge is 2.18. The van der Waals surface area contributed by atoms with E-state index >= 15 is 0 Å². The summed E-state index contributed by atoms with van der Waals surface area (Å²) in [5.41, 5.74) is 0.727. The van der Waals surface area contributed by atoms with Crippen LogP contribution in [0, 0.1) is 0 Å². The summed E-state index contributed by atoms with van der Waals surface area (Å²) in [5.74, 6) is 1.08. The van der Waals surface area contributed by atoms with Gasteiger partial charge in [-0.15, -0.1) is 10.2 Å². The van der Waals surface area contributed by atoms with Gasteiger partial charge in [0.1, 0.15) is 0 Å². The van der Waals surface area contributed by atoms with Gasteiger partial charge in [0.2, 0.25) is 12.7 Å². The molecule has 1 aliphatic rings. The minimum atomic E-state index is -0.327. The minimum Gasteiger partial charge on any atom is -0.454 e. The zero-order valence-corrected chi connectivity index (χ0v) is 20.1. The van der Waals surface area contributed by atoms with Crippen LogP contribution in [0.15, 0.2) is 35.5 Å². The topological polar surface area (TPSA) is 107 Å². The van der Waals surface area contributed by atoms with E-state index in [4.69, 9.17) is 44.3 Å². The molecule has 0 saturated carbocycles. The van der Waals surface area contributed by atoms with Gasteiger partial charge in [-0.05, 0) is 30.3 Å². The highest BCUT2D eigenvalue weighted by atomic mass is 35.5. The summed E-state index contributed by atoms with van der Waals surface area (Å²) in [5, 5.41) is 15.0. The Bertz CT molecular complexity index is 1210. The smallest absolute Gasteiger partial charge is 0.251 e. The average Bonchev–Trinajstić information content (AvgIpc) is 3.39. The predicted molar refractivity (Wildman–Crippen MR) is 126 cm³/mol. The molecule has 1 aromatic heterocycles. The second kappa shape index (κ2) is 10.1. The third kappa shape index (κ3) is 5.47. The number of ether oxygens (including phenoxy) is 2. The molecule has 0 saturated heterocycles. The van der Waals surface area contributed by atoms with E-state index < -0.39 is 0 Å². The van der Waals surface area contributed by atoms with E-state index in [-0.39, 0.29) is 41.0 Å². The summed E-state index contributed by atoms with van der Waals surface area (Å²) in [7, 11) is 1.75. The quantitative estimate of drug-likeness (QED) is 0.443. The Morgan fingerprint density at radius 2 is 1.82 bits per heavy atom. The molecule has 4 rings (SSSR count). The monoisotopic (exact) mass is 527 g/mol. The number of fused-ring (bicyclic) bond motifs is 1. The molecule has 1 aliphatic heterocycles. The number of thioether (sulfide) groups is 1. The van der Waals surface area contributed by atoms with Crippen molar-refractivity contribution in [2.75, 3.05) is 17.9 Å². The van der Waals surface area contributed by atoms with Crippen LogP contribution in [0.5, 0.6) is 11.5 Å². The largest absolute Gasteiger partial charge is 0.454 e. The molecule has 0 atom stereocenters. The van der Waals surface area contributed by atoms with Gasteiger partial charge in [-0.2, -0.15) is 0 Å². The molecule has 0 aliphatic carbocycles. The zero-order valence-electron chi connectivity index (χ0n) is 17.0. The molecule has 0 bridgehead atoms. The first-order valence-corrected chi connectivity index (χ1v) is 11.6. The third-order valence-corrected chi connectivity index (χ3v) is 6.41. The first-order valence-electron chi connectivity index (χ1n) is 9.45. The number of anilines is 1. The lowest BCUT2D eigenvalue weighted by atomic mass is 10.2. The van der Waals surface area contributed by atoms with Crippen molar-refractivity contribution in [2.45, 2.75) is 11.7 Å². The fraction of sp³-hybridized carbons (Fsp3) is 0.200. The molecular formula is C20H16Cl3N5O4S. The number of halogens is 3. The van der Waals surface area contributed by atoms with Crippen LogP contribution in [-0.2, 0) is 18.4 Å². The predicted octanol–water partition coefficient (Wildman–Crippen LogP) is 4.16. The van der Waals surface area contributed by atoms with Crippen molar-refractivity contribution in [3.8, 4) is 11.5 Å². The molecule has 2 heterocycles. The Labute approximate surface area is 207 Å². The second-order valence-electron chi connectivity index (χ2n) is 6.79. The van der Waals surface area contributed by atoms with Gasteiger partial charge in [-0.25, -0.2) is 0 Å². The van der Waals surface area contributed by atoms with Crippen molar-refractivity contribution in [3.63, 3.8) is 0 Å². The van der Waals surface area contributed by atoms with Crippen molar-refractivity contribution < 1.29 is 19.1 Å². The normalized spacial score (nSPS) is 12.0. The maximum absolute atomic E-state index is 12.4. The summed E-state index contributed by atoms with van der Waals surface area (Å²) in [6.07, 6.45) is 0. The molecule has 0 radical (unpaired) electrons. The number of carbonyl (C=O) groups excluding carboxylic acids is 2. The average molecular weight is 529 g/mol. The SMILES string of the molecule is Cn1c(CNC(=O)c2ccc3c(c2)OCO3)nnc1SCC(=O)Nc1c(Cl)cc(Cl)cc1Cl. The van der Waals surface area contributed by atoms with E-state index in [0.717, 1.165) is 0 Å². The number of aromatic nitrogens is 3. The Morgan fingerprint density at radius 1 is 1.09 bits per heavy atom. The fourth-order valence-corrected chi connectivity index (χ4v) is 4.53. The number of hydrogen-bond acceptors (Lipinski definition) is 7. The van der Waals surface area contributed by atoms with Crippen molar-refractivity contribution in [3.05, 3.63) is 56.8 Å². The van der Waals surface area contributed by atoms with Gasteiger partial charge >= 0.3 is 0 Å². The molecule has 3 aromatic rings. The maximum atomic E-state index is 12.4. The molecule has 9 nitrogen and oxygen atoms in total. The van der Waals surface area contributed by atoms with Crippen LogP contribution in [-0.4, -0.2) is 39.1 Å². The number of carbonyl (C=O) groups is 2. The molecule has 0 fully saturated rings. The molecule has 0 unspecified atom stereocenters. The van der Waals surface area contributed by atoms with Gasteiger partial charge in [0.05, 0.1) is 28.0 Å². The number of benzene rings is 2. The summed E-state index contributed by atoms with van der Waals surface area (Å²) < 4.78 is 12.2. The van der Waals surface area contributed by atoms with Crippen LogP contribution < -0.4 is 20.1 Å². The van der Waals surface area contributed by atoms with Crippen molar-refractivity contribution >= 4 is 64.1 Å². The van der Waals surface area contributed by atoms with Crippen LogP contribution in [0.3, 0.4) is 0 Å². The molecule has 2 amide bonds. The highest BCUT2D eigenvalue weighted by molar-refractivity contribution is 7.99. The van der Waals surface area contributed by atoms with Crippen LogP contribution in [0.4, 0.5) is 5.69 Å². The number of amides is 2. The van der Waals surface area contributed by atoms with E-state index in [1.807, 2.05) is 0 Å². The number of hydrogen-bond donors (Lipinski definition) is 2. The first-order chi connectivity index (χ1) is 15.8. The second-order valence-corrected chi connectivity index (χ2v) is 8.98. The standard InChI is InChI=1S/C20H16Cl3N5O4S/c1-28-16(7-24-19(30)10-2-3-14-15(4-10)32-9-31-14)26-27-20(28)33-8-17(29)25-18-12(22)5-11(21)6-13(18)23/h2-6H,7-9H2,1H3,(H,24,30)(H,25,29). The van der Waals surface area contributed by atoms with E-state index in [9.17, 15) is 9.59 Å². The first kappa shape index (κ1) is 23.5. The van der Waals surface area contributed by atoms with E-state index in [1.54, 1.807) is 29.8 Å². The highest BCUT2D eigenvalue weighted by Crippen LogP contribution is 2.34. The van der Waals surface area contributed by atoms with Gasteiger partial charge in [-0.3, -0.25) is 9.59 Å². The number of nitrogens with one attached hydrogen (secondary N) is 2. The Balaban J connectivity index is 1.31. The lowest BCUT2D eigenvalue weighted by Gasteiger charge is -2.10. The van der Waals surface area contributed by atoms with E-state index in [0.29, 0.717) is 38.8 Å². The summed E-state index contributed by atoms with van der Waals surface area (Å²) >= 11 is 19.2. The fourth-order valence-electron chi connectivity index (χ4n) is 2.89. The Kier molecular flexibility index (Phi) is 7.18. The van der Waals surface area contributed by atoms with Gasteiger partial charge in [0, 0.05) is 17.6 Å². The molecule has 13 heteroatoms. The van der Waals surface area contributed by atoms with Crippen LogP contribution in [0.2, 0.25) is 15.1 Å². The molecular weight excluding hydrogens is 513 g/mol. The van der Waals surface area contributed by atoms with Gasteiger partial charge in [-0.1, -0.05) is 46.6 Å². The number of nitrogens with zero attached hydrogens (tertiary/aromatic N) is 3. The number of rotatable bonds is 7. The summed E-state index contributed by atoms with van der Waals surface area (Å²) in [6, 6.07) is 7.94. The Morgan fingerprint density at radius 3 is 2.58 bits per heavy atom. The van der Waals surface area contributed by atoms with Crippen molar-refractivity contribution in [2.24, 2.45) is 7.05 Å². The van der Waals surface area contributed by atoms with Gasteiger partial charge in [0.15, 0.2) is 22.5 Å². The summed E-state index contributed by atoms with van der Waals surface area (Å²) in [6.45, 7) is 0.289. The summed E-state index contributed by atoms with van der Waals surface area (Å²) in [4.78, 5) is 24.8. The van der Waals surface area contributed by atoms with E-state index in [2.05, 4.69) is 20.8 Å². The van der Waals surface area contributed by atoms with Crippen LogP contribution >= 0.6 is 46.6 Å². The Hall–Kier alpha value is -2.66. The molecule has 2 N–H and O–H groups in total. The van der Waals surface area contributed by atoms with Gasteiger partial charge < -0.3 is 24.7 Å². The third-order valence-electron chi connectivity index (χ3n) is 4.57. The molecule has 2 aromatic carbocycles. The zero-order chi connectivity index (χ0) is 23.5. The molecule has 0 spiro atoms. The lowest BCUT2D eigenvalue weighted by molar-refractivity contribution is -0.113. The van der Waals surface area contributed by atoms with Crippen molar-refractivity contribution in [1.29, 1.82) is 0 Å². The van der Waals surface area contributed by atoms with Crippen molar-refractivity contribution in [1.82, 2.24) is 20.1 Å². The van der Waals surface area contributed by atoms with Gasteiger partial charge in [0.25, 0.3) is 5.91 Å². The molecule has 33 heavy (non-hydrogen) atoms. The maximum Gasteiger partial charge on any atom is 0.251 e. The lowest BCUT2D eigenvalue weighted by Crippen LogP contribution is -2.24. The minimum absolute atomic E-state index is 0.0464. The van der Waals surface area contributed by atoms with E-state index in [1.165, 1.54) is 23.9 Å².